The van der Waals surface area contributed by atoms with Crippen LogP contribution in [0.4, 0.5) is 0 Å². The van der Waals surface area contributed by atoms with Crippen LogP contribution in [0.1, 0.15) is 20.8 Å². The van der Waals surface area contributed by atoms with Crippen molar-refractivity contribution in [2.24, 2.45) is 17.8 Å². The summed E-state index contributed by atoms with van der Waals surface area (Å²) in [7, 11) is 0. The number of hydrogen-bond acceptors (Lipinski definition) is 2. The molecule has 1 aliphatic rings. The van der Waals surface area contributed by atoms with Crippen molar-refractivity contribution < 1.29 is 9.59 Å². The molecule has 3 atom stereocenters. The van der Waals surface area contributed by atoms with E-state index in [0.29, 0.717) is 11.8 Å². The van der Waals surface area contributed by atoms with Gasteiger partial charge in [0.25, 0.3) is 0 Å². The maximum absolute atomic E-state index is 11.0. The summed E-state index contributed by atoms with van der Waals surface area (Å²) in [6.45, 7) is 5.18. The maximum Gasteiger partial charge on any atom is 0.152 e. The number of carbonyl (C=O) groups excluding carboxylic acids is 2. The Morgan fingerprint density at radius 1 is 1.25 bits per heavy atom. The van der Waals surface area contributed by atoms with Crippen molar-refractivity contribution in [2.75, 3.05) is 0 Å². The van der Waals surface area contributed by atoms with E-state index in [2.05, 4.69) is 0 Å². The molecule has 0 bridgehead atoms. The van der Waals surface area contributed by atoms with Crippen molar-refractivity contribution in [1.82, 2.24) is 0 Å². The van der Waals surface area contributed by atoms with Gasteiger partial charge < -0.3 is 0 Å². The van der Waals surface area contributed by atoms with Crippen molar-refractivity contribution in [3.05, 3.63) is 12.2 Å². The molecule has 0 radical (unpaired) electrons. The minimum absolute atomic E-state index is 0.0522. The Labute approximate surface area is 72.7 Å². The van der Waals surface area contributed by atoms with Crippen LogP contribution >= 0.6 is 0 Å². The Morgan fingerprint density at radius 2 is 1.83 bits per heavy atom. The zero-order valence-electron chi connectivity index (χ0n) is 7.70. The predicted molar refractivity (Wildman–Crippen MR) is 46.6 cm³/mol. The molecule has 66 valence electrons. The highest BCUT2D eigenvalue weighted by Crippen LogP contribution is 2.47. The van der Waals surface area contributed by atoms with E-state index in [-0.39, 0.29) is 17.5 Å². The van der Waals surface area contributed by atoms with E-state index in [1.165, 1.54) is 6.92 Å². The van der Waals surface area contributed by atoms with E-state index in [1.807, 2.05) is 13.0 Å². The molecule has 2 heteroatoms. The van der Waals surface area contributed by atoms with Crippen LogP contribution in [-0.4, -0.2) is 11.6 Å². The van der Waals surface area contributed by atoms with Crippen molar-refractivity contribution in [3.8, 4) is 0 Å². The van der Waals surface area contributed by atoms with Gasteiger partial charge in [-0.1, -0.05) is 13.0 Å². The molecule has 0 aromatic rings. The molecule has 0 saturated heterocycles. The number of hydrogen-bond donors (Lipinski definition) is 0. The monoisotopic (exact) mass is 166 g/mol. The number of Topliss-reactive ketones (excluding diaryl/α,β-unsaturated/α-hetero) is 1. The van der Waals surface area contributed by atoms with Crippen molar-refractivity contribution >= 4 is 11.6 Å². The second-order valence-corrected chi connectivity index (χ2v) is 3.54. The van der Waals surface area contributed by atoms with E-state index >= 15 is 0 Å². The summed E-state index contributed by atoms with van der Waals surface area (Å²) in [5.74, 6) is 1.20. The standard InChI is InChI=1S/C10H14O2/c1-6(11)4-5-9-7(2)10(9)8(3)12/h4-5,7,9-10H,1-3H3. The first-order chi connectivity index (χ1) is 5.54. The van der Waals surface area contributed by atoms with Crippen molar-refractivity contribution in [2.45, 2.75) is 20.8 Å². The van der Waals surface area contributed by atoms with Crippen LogP contribution in [0.25, 0.3) is 0 Å². The highest BCUT2D eigenvalue weighted by molar-refractivity contribution is 5.88. The molecule has 1 aliphatic carbocycles. The molecule has 3 unspecified atom stereocenters. The number of carbonyl (C=O) groups is 2. The third-order valence-electron chi connectivity index (χ3n) is 2.47. The lowest BCUT2D eigenvalue weighted by molar-refractivity contribution is -0.118. The van der Waals surface area contributed by atoms with Gasteiger partial charge in [-0.05, 0) is 31.8 Å². The van der Waals surface area contributed by atoms with Gasteiger partial charge in [-0.25, -0.2) is 0 Å². The first kappa shape index (κ1) is 9.17. The quantitative estimate of drug-likeness (QED) is 0.597. The van der Waals surface area contributed by atoms with Crippen LogP contribution in [-0.2, 0) is 9.59 Å². The van der Waals surface area contributed by atoms with Gasteiger partial charge >= 0.3 is 0 Å². The molecule has 0 aromatic carbocycles. The summed E-state index contributed by atoms with van der Waals surface area (Å²) >= 11 is 0. The van der Waals surface area contributed by atoms with E-state index in [4.69, 9.17) is 0 Å². The summed E-state index contributed by atoms with van der Waals surface area (Å²) in [5, 5.41) is 0. The van der Waals surface area contributed by atoms with E-state index in [1.54, 1.807) is 13.0 Å². The number of ketones is 2. The van der Waals surface area contributed by atoms with Crippen LogP contribution in [0.15, 0.2) is 12.2 Å². The Balaban J connectivity index is 2.49. The zero-order chi connectivity index (χ0) is 9.30. The van der Waals surface area contributed by atoms with Gasteiger partial charge in [0.05, 0.1) is 0 Å². The fraction of sp³-hybridized carbons (Fsp3) is 0.600. The predicted octanol–water partition coefficient (Wildman–Crippen LogP) is 1.60. The minimum atomic E-state index is 0.0522. The van der Waals surface area contributed by atoms with Crippen LogP contribution in [0.3, 0.4) is 0 Å². The Kier molecular flexibility index (Phi) is 2.46. The molecule has 0 spiro atoms. The maximum atomic E-state index is 11.0. The van der Waals surface area contributed by atoms with E-state index in [0.717, 1.165) is 0 Å². The zero-order valence-corrected chi connectivity index (χ0v) is 7.70. The molecule has 0 N–H and O–H groups in total. The lowest BCUT2D eigenvalue weighted by atomic mass is 10.2. The smallest absolute Gasteiger partial charge is 0.152 e. The minimum Gasteiger partial charge on any atom is -0.300 e. The molecule has 0 amide bonds. The topological polar surface area (TPSA) is 34.1 Å². The summed E-state index contributed by atoms with van der Waals surface area (Å²) in [5.41, 5.74) is 0. The normalized spacial score (nSPS) is 33.8. The summed E-state index contributed by atoms with van der Waals surface area (Å²) < 4.78 is 0. The summed E-state index contributed by atoms with van der Waals surface area (Å²) in [4.78, 5) is 21.5. The third kappa shape index (κ3) is 1.81. The molecule has 0 aliphatic heterocycles. The van der Waals surface area contributed by atoms with Gasteiger partial charge in [0.1, 0.15) is 5.78 Å². The summed E-state index contributed by atoms with van der Waals surface area (Å²) in [6.07, 6.45) is 3.42. The van der Waals surface area contributed by atoms with Gasteiger partial charge in [-0.3, -0.25) is 9.59 Å². The van der Waals surface area contributed by atoms with Crippen LogP contribution in [0.2, 0.25) is 0 Å². The lowest BCUT2D eigenvalue weighted by Crippen LogP contribution is -1.94. The number of allylic oxidation sites excluding steroid dienone is 2. The molecular weight excluding hydrogens is 152 g/mol. The number of rotatable bonds is 3. The summed E-state index contributed by atoms with van der Waals surface area (Å²) in [6, 6.07) is 0. The van der Waals surface area contributed by atoms with Crippen LogP contribution in [0, 0.1) is 17.8 Å². The Hall–Kier alpha value is -0.920. The van der Waals surface area contributed by atoms with Gasteiger partial charge in [-0.2, -0.15) is 0 Å². The van der Waals surface area contributed by atoms with Crippen molar-refractivity contribution in [3.63, 3.8) is 0 Å². The van der Waals surface area contributed by atoms with Gasteiger partial charge in [-0.15, -0.1) is 0 Å². The highest BCUT2D eigenvalue weighted by atomic mass is 16.1. The molecular formula is C10H14O2. The molecule has 1 rings (SSSR count). The molecule has 0 heterocycles. The third-order valence-corrected chi connectivity index (χ3v) is 2.47. The molecule has 1 saturated carbocycles. The largest absolute Gasteiger partial charge is 0.300 e. The first-order valence-electron chi connectivity index (χ1n) is 4.23. The van der Waals surface area contributed by atoms with Gasteiger partial charge in [0.15, 0.2) is 5.78 Å². The fourth-order valence-electron chi connectivity index (χ4n) is 1.68. The SMILES string of the molecule is CC(=O)C=CC1C(C)C1C(C)=O. The molecule has 2 nitrogen and oxygen atoms in total. The van der Waals surface area contributed by atoms with Crippen molar-refractivity contribution in [1.29, 1.82) is 0 Å². The lowest BCUT2D eigenvalue weighted by Gasteiger charge is -1.85. The van der Waals surface area contributed by atoms with Crippen LogP contribution in [0.5, 0.6) is 0 Å². The van der Waals surface area contributed by atoms with E-state index in [9.17, 15) is 9.59 Å². The second-order valence-electron chi connectivity index (χ2n) is 3.54. The van der Waals surface area contributed by atoms with E-state index < -0.39 is 0 Å². The first-order valence-corrected chi connectivity index (χ1v) is 4.23. The molecule has 12 heavy (non-hydrogen) atoms. The fourth-order valence-corrected chi connectivity index (χ4v) is 1.68. The van der Waals surface area contributed by atoms with Gasteiger partial charge in [0, 0.05) is 5.92 Å². The average Bonchev–Trinajstić information content (AvgIpc) is 2.57. The highest BCUT2D eigenvalue weighted by Gasteiger charge is 2.47. The molecule has 0 aromatic heterocycles. The Morgan fingerprint density at radius 3 is 2.17 bits per heavy atom. The second kappa shape index (κ2) is 3.21. The van der Waals surface area contributed by atoms with Crippen LogP contribution < -0.4 is 0 Å². The van der Waals surface area contributed by atoms with Gasteiger partial charge in [0.2, 0.25) is 0 Å². The average molecular weight is 166 g/mol. The molecule has 1 fully saturated rings. The Bertz CT molecular complexity index is 240.